The molecule has 1 atom stereocenters. The fraction of sp³-hybridized carbons (Fsp3) is 0.450. The number of aliphatic hydroxyl groups is 1. The molecule has 2 rings (SSSR count). The highest BCUT2D eigenvalue weighted by Gasteiger charge is 2.24. The second kappa shape index (κ2) is 10.1. The van der Waals surface area contributed by atoms with Crippen molar-refractivity contribution in [2.75, 3.05) is 30.5 Å². The third kappa shape index (κ3) is 6.65. The van der Waals surface area contributed by atoms with Gasteiger partial charge in [-0.1, -0.05) is 0 Å². The molecular weight excluding hydrogens is 377 g/mol. The molecule has 1 unspecified atom stereocenters. The van der Waals surface area contributed by atoms with Gasteiger partial charge in [0.15, 0.2) is 0 Å². The minimum atomic E-state index is -0.991. The van der Waals surface area contributed by atoms with E-state index in [9.17, 15) is 14.3 Å². The number of benzene rings is 1. The number of aromatic nitrogens is 2. The standard InChI is InChI=1S/C20H28FN5O3/c1-14(20(2,3)28)24-18-22-12-10-17(25-18)26(16-8-6-15(21)7-9-16)19(27)23-11-5-13-29-4/h6-10,12,14,28H,5,11,13H2,1-4H3,(H,23,27)(H,22,24,25). The summed E-state index contributed by atoms with van der Waals surface area (Å²) in [6, 6.07) is 6.39. The number of urea groups is 1. The quantitative estimate of drug-likeness (QED) is 0.555. The third-order valence-electron chi connectivity index (χ3n) is 4.36. The number of halogens is 1. The van der Waals surface area contributed by atoms with Gasteiger partial charge in [0.25, 0.3) is 0 Å². The summed E-state index contributed by atoms with van der Waals surface area (Å²) in [6.45, 7) is 6.08. The Morgan fingerprint density at radius 3 is 2.62 bits per heavy atom. The van der Waals surface area contributed by atoms with Crippen LogP contribution in [0.4, 0.5) is 26.6 Å². The van der Waals surface area contributed by atoms with Crippen LogP contribution in [-0.4, -0.2) is 53.0 Å². The van der Waals surface area contributed by atoms with E-state index >= 15 is 0 Å². The summed E-state index contributed by atoms with van der Waals surface area (Å²) in [5, 5.41) is 16.0. The maximum Gasteiger partial charge on any atom is 0.327 e. The van der Waals surface area contributed by atoms with Crippen molar-refractivity contribution in [3.8, 4) is 0 Å². The number of amides is 2. The largest absolute Gasteiger partial charge is 0.388 e. The second-order valence-corrected chi connectivity index (χ2v) is 7.15. The molecule has 3 N–H and O–H groups in total. The van der Waals surface area contributed by atoms with Crippen molar-refractivity contribution in [2.45, 2.75) is 38.8 Å². The molecule has 9 heteroatoms. The summed E-state index contributed by atoms with van der Waals surface area (Å²) in [5.74, 6) is 0.163. The Bertz CT molecular complexity index is 795. The summed E-state index contributed by atoms with van der Waals surface area (Å²) in [6.07, 6.45) is 2.16. The van der Waals surface area contributed by atoms with Crippen LogP contribution in [-0.2, 0) is 4.74 Å². The number of carbonyl (C=O) groups excluding carboxylic acids is 1. The van der Waals surface area contributed by atoms with E-state index in [0.29, 0.717) is 31.1 Å². The van der Waals surface area contributed by atoms with Gasteiger partial charge < -0.3 is 20.5 Å². The van der Waals surface area contributed by atoms with E-state index in [1.165, 1.54) is 35.4 Å². The van der Waals surface area contributed by atoms with E-state index < -0.39 is 17.4 Å². The lowest BCUT2D eigenvalue weighted by Gasteiger charge is -2.27. The Labute approximate surface area is 170 Å². The highest BCUT2D eigenvalue weighted by atomic mass is 19.1. The Hall–Kier alpha value is -2.78. The molecule has 2 aromatic rings. The molecule has 0 bridgehead atoms. The Balaban J connectivity index is 2.29. The number of hydrogen-bond donors (Lipinski definition) is 3. The topological polar surface area (TPSA) is 99.6 Å². The molecule has 29 heavy (non-hydrogen) atoms. The van der Waals surface area contributed by atoms with Crippen LogP contribution in [0, 0.1) is 5.82 Å². The van der Waals surface area contributed by atoms with Crippen molar-refractivity contribution in [3.63, 3.8) is 0 Å². The van der Waals surface area contributed by atoms with Crippen molar-refractivity contribution in [2.24, 2.45) is 0 Å². The number of rotatable bonds is 9. The molecule has 1 aromatic carbocycles. The summed E-state index contributed by atoms with van der Waals surface area (Å²) < 4.78 is 18.4. The molecule has 1 heterocycles. The Morgan fingerprint density at radius 2 is 2.00 bits per heavy atom. The van der Waals surface area contributed by atoms with Crippen LogP contribution in [0.1, 0.15) is 27.2 Å². The Morgan fingerprint density at radius 1 is 1.31 bits per heavy atom. The van der Waals surface area contributed by atoms with Gasteiger partial charge in [-0.15, -0.1) is 0 Å². The van der Waals surface area contributed by atoms with Gasteiger partial charge in [0.05, 0.1) is 17.3 Å². The van der Waals surface area contributed by atoms with Crippen LogP contribution in [0.5, 0.6) is 0 Å². The van der Waals surface area contributed by atoms with Crippen LogP contribution in [0.3, 0.4) is 0 Å². The lowest BCUT2D eigenvalue weighted by Crippen LogP contribution is -2.40. The summed E-state index contributed by atoms with van der Waals surface area (Å²) >= 11 is 0. The summed E-state index contributed by atoms with van der Waals surface area (Å²) in [7, 11) is 1.59. The van der Waals surface area contributed by atoms with Gasteiger partial charge in [0.1, 0.15) is 11.6 Å². The average molecular weight is 405 g/mol. The zero-order valence-electron chi connectivity index (χ0n) is 17.1. The number of methoxy groups -OCH3 is 1. The fourth-order valence-corrected chi connectivity index (χ4v) is 2.35. The molecule has 0 saturated heterocycles. The SMILES string of the molecule is COCCCNC(=O)N(c1ccc(F)cc1)c1ccnc(NC(C)C(C)(C)O)n1. The lowest BCUT2D eigenvalue weighted by atomic mass is 10.0. The highest BCUT2D eigenvalue weighted by Crippen LogP contribution is 2.25. The molecule has 0 saturated carbocycles. The van der Waals surface area contributed by atoms with Crippen LogP contribution in [0.25, 0.3) is 0 Å². The molecule has 1 aromatic heterocycles. The van der Waals surface area contributed by atoms with E-state index in [1.807, 2.05) is 0 Å². The second-order valence-electron chi connectivity index (χ2n) is 7.15. The van der Waals surface area contributed by atoms with Gasteiger partial charge in [-0.05, 0) is 51.5 Å². The fourth-order valence-electron chi connectivity index (χ4n) is 2.35. The molecule has 0 aliphatic rings. The van der Waals surface area contributed by atoms with Gasteiger partial charge in [0, 0.05) is 32.5 Å². The first-order chi connectivity index (χ1) is 13.7. The first-order valence-corrected chi connectivity index (χ1v) is 9.37. The Kier molecular flexibility index (Phi) is 7.86. The predicted molar refractivity (Wildman–Crippen MR) is 110 cm³/mol. The zero-order valence-corrected chi connectivity index (χ0v) is 17.1. The van der Waals surface area contributed by atoms with Crippen molar-refractivity contribution in [1.82, 2.24) is 15.3 Å². The highest BCUT2D eigenvalue weighted by molar-refractivity contribution is 5.98. The number of nitrogens with one attached hydrogen (secondary N) is 2. The number of nitrogens with zero attached hydrogens (tertiary/aromatic N) is 3. The summed E-state index contributed by atoms with van der Waals surface area (Å²) in [4.78, 5) is 22.8. The van der Waals surface area contributed by atoms with E-state index in [4.69, 9.17) is 4.74 Å². The van der Waals surface area contributed by atoms with E-state index in [1.54, 1.807) is 33.9 Å². The smallest absolute Gasteiger partial charge is 0.327 e. The number of hydrogen-bond acceptors (Lipinski definition) is 6. The van der Waals surface area contributed by atoms with Crippen molar-refractivity contribution < 1.29 is 19.0 Å². The van der Waals surface area contributed by atoms with Crippen LogP contribution in [0.15, 0.2) is 36.5 Å². The van der Waals surface area contributed by atoms with Crippen molar-refractivity contribution in [1.29, 1.82) is 0 Å². The predicted octanol–water partition coefficient (Wildman–Crippen LogP) is 3.07. The molecule has 8 nitrogen and oxygen atoms in total. The first-order valence-electron chi connectivity index (χ1n) is 9.37. The summed E-state index contributed by atoms with van der Waals surface area (Å²) in [5.41, 5.74) is -0.537. The van der Waals surface area contributed by atoms with Crippen molar-refractivity contribution >= 4 is 23.5 Å². The van der Waals surface area contributed by atoms with E-state index in [2.05, 4.69) is 20.6 Å². The van der Waals surface area contributed by atoms with Crippen LogP contribution >= 0.6 is 0 Å². The minimum Gasteiger partial charge on any atom is -0.388 e. The zero-order chi connectivity index (χ0) is 21.4. The van der Waals surface area contributed by atoms with E-state index in [0.717, 1.165) is 0 Å². The molecule has 0 radical (unpaired) electrons. The van der Waals surface area contributed by atoms with Gasteiger partial charge in [-0.3, -0.25) is 0 Å². The molecule has 158 valence electrons. The van der Waals surface area contributed by atoms with Crippen LogP contribution in [0.2, 0.25) is 0 Å². The average Bonchev–Trinajstić information content (AvgIpc) is 2.66. The van der Waals surface area contributed by atoms with Gasteiger partial charge in [-0.25, -0.2) is 19.1 Å². The number of ether oxygens (including phenoxy) is 1. The van der Waals surface area contributed by atoms with E-state index in [-0.39, 0.29) is 12.0 Å². The molecule has 0 aliphatic heterocycles. The monoisotopic (exact) mass is 405 g/mol. The molecular formula is C20H28FN5O3. The minimum absolute atomic E-state index is 0.261. The third-order valence-corrected chi connectivity index (χ3v) is 4.36. The van der Waals surface area contributed by atoms with Crippen molar-refractivity contribution in [3.05, 3.63) is 42.3 Å². The van der Waals surface area contributed by atoms with Crippen LogP contribution < -0.4 is 15.5 Å². The first kappa shape index (κ1) is 22.5. The number of anilines is 3. The number of carbonyl (C=O) groups is 1. The molecule has 2 amide bonds. The maximum absolute atomic E-state index is 13.4. The molecule has 0 aliphatic carbocycles. The normalized spacial score (nSPS) is 12.3. The maximum atomic E-state index is 13.4. The molecule has 0 fully saturated rings. The lowest BCUT2D eigenvalue weighted by molar-refractivity contribution is 0.0646. The van der Waals surface area contributed by atoms with Gasteiger partial charge >= 0.3 is 6.03 Å². The van der Waals surface area contributed by atoms with Gasteiger partial charge in [0.2, 0.25) is 5.95 Å². The molecule has 0 spiro atoms. The van der Waals surface area contributed by atoms with Gasteiger partial charge in [-0.2, -0.15) is 4.98 Å².